The summed E-state index contributed by atoms with van der Waals surface area (Å²) < 4.78 is 0. The smallest absolute Gasteiger partial charge is 0.322 e. The molecular formula is C26H31N3O2S. The number of para-hydroxylation sites is 1. The number of hydrogen-bond acceptors (Lipinski definition) is 3. The molecule has 0 radical (unpaired) electrons. The molecule has 3 rings (SSSR count). The van der Waals surface area contributed by atoms with Crippen molar-refractivity contribution >= 4 is 29.0 Å². The molecule has 32 heavy (non-hydrogen) atoms. The van der Waals surface area contributed by atoms with Crippen molar-refractivity contribution in [3.63, 3.8) is 0 Å². The van der Waals surface area contributed by atoms with Crippen LogP contribution < -0.4 is 5.32 Å². The standard InChI is InChI=1S/C26H31N3O2S/c1-3-16-28(26(31)27-24-15-9-8-13-22(24)4-2)20-25(30)29(19-23-14-10-17-32-23)18-21-11-6-5-7-12-21/h5-15,17H,3-4,16,18-20H2,1-2H3,(H,27,31). The lowest BCUT2D eigenvalue weighted by Crippen LogP contribution is -2.44. The van der Waals surface area contributed by atoms with Gasteiger partial charge < -0.3 is 15.1 Å². The first-order valence-electron chi connectivity index (χ1n) is 11.1. The van der Waals surface area contributed by atoms with Crippen LogP contribution in [-0.4, -0.2) is 34.8 Å². The van der Waals surface area contributed by atoms with Crippen LogP contribution in [0.1, 0.15) is 36.3 Å². The fraction of sp³-hybridized carbons (Fsp3) is 0.308. The minimum Gasteiger partial charge on any atom is -0.332 e. The van der Waals surface area contributed by atoms with Crippen LogP contribution in [0, 0.1) is 0 Å². The second kappa shape index (κ2) is 12.1. The first-order chi connectivity index (χ1) is 15.6. The Morgan fingerprint density at radius 3 is 2.31 bits per heavy atom. The first-order valence-corrected chi connectivity index (χ1v) is 12.0. The molecule has 168 valence electrons. The highest BCUT2D eigenvalue weighted by molar-refractivity contribution is 7.09. The average molecular weight is 450 g/mol. The summed E-state index contributed by atoms with van der Waals surface area (Å²) in [6.45, 7) is 5.68. The predicted octanol–water partition coefficient (Wildman–Crippen LogP) is 5.78. The van der Waals surface area contributed by atoms with Gasteiger partial charge >= 0.3 is 6.03 Å². The van der Waals surface area contributed by atoms with E-state index in [0.717, 1.165) is 34.5 Å². The molecule has 1 aromatic heterocycles. The van der Waals surface area contributed by atoms with Gasteiger partial charge in [-0.25, -0.2) is 4.79 Å². The summed E-state index contributed by atoms with van der Waals surface area (Å²) in [6.07, 6.45) is 1.61. The van der Waals surface area contributed by atoms with Crippen molar-refractivity contribution < 1.29 is 9.59 Å². The van der Waals surface area contributed by atoms with Crippen LogP contribution in [0.4, 0.5) is 10.5 Å². The summed E-state index contributed by atoms with van der Waals surface area (Å²) in [6, 6.07) is 21.5. The molecule has 0 aliphatic rings. The van der Waals surface area contributed by atoms with Gasteiger partial charge in [0.1, 0.15) is 6.54 Å². The van der Waals surface area contributed by atoms with Gasteiger partial charge in [-0.1, -0.05) is 68.4 Å². The molecule has 5 nitrogen and oxygen atoms in total. The van der Waals surface area contributed by atoms with Crippen LogP contribution in [0.15, 0.2) is 72.1 Å². The van der Waals surface area contributed by atoms with Gasteiger partial charge in [0.15, 0.2) is 0 Å². The third-order valence-electron chi connectivity index (χ3n) is 5.24. The van der Waals surface area contributed by atoms with E-state index in [9.17, 15) is 9.59 Å². The lowest BCUT2D eigenvalue weighted by molar-refractivity contribution is -0.133. The summed E-state index contributed by atoms with van der Waals surface area (Å²) in [5.74, 6) is -0.0605. The number of hydrogen-bond donors (Lipinski definition) is 1. The Hall–Kier alpha value is -3.12. The Bertz CT molecular complexity index is 989. The number of thiophene rings is 1. The molecule has 0 fully saturated rings. The second-order valence-corrected chi connectivity index (χ2v) is 8.71. The number of rotatable bonds is 10. The molecule has 0 aliphatic heterocycles. The third kappa shape index (κ3) is 6.69. The van der Waals surface area contributed by atoms with Crippen LogP contribution in [0.2, 0.25) is 0 Å². The minimum absolute atomic E-state index is 0.0478. The minimum atomic E-state index is -0.239. The Kier molecular flexibility index (Phi) is 8.87. The highest BCUT2D eigenvalue weighted by atomic mass is 32.1. The topological polar surface area (TPSA) is 52.7 Å². The summed E-state index contributed by atoms with van der Waals surface area (Å²) in [5, 5.41) is 5.02. The van der Waals surface area contributed by atoms with Crippen molar-refractivity contribution in [3.8, 4) is 0 Å². The number of aryl methyl sites for hydroxylation is 1. The highest BCUT2D eigenvalue weighted by Gasteiger charge is 2.22. The van der Waals surface area contributed by atoms with Gasteiger partial charge in [0.25, 0.3) is 0 Å². The Balaban J connectivity index is 1.73. The number of nitrogens with one attached hydrogen (secondary N) is 1. The van der Waals surface area contributed by atoms with Crippen molar-refractivity contribution in [1.29, 1.82) is 0 Å². The monoisotopic (exact) mass is 449 g/mol. The third-order valence-corrected chi connectivity index (χ3v) is 6.10. The molecule has 2 aromatic carbocycles. The van der Waals surface area contributed by atoms with E-state index >= 15 is 0 Å². The van der Waals surface area contributed by atoms with E-state index in [0.29, 0.717) is 19.6 Å². The zero-order valence-electron chi connectivity index (χ0n) is 18.8. The predicted molar refractivity (Wildman–Crippen MR) is 132 cm³/mol. The largest absolute Gasteiger partial charge is 0.332 e. The number of anilines is 1. The Morgan fingerprint density at radius 2 is 1.62 bits per heavy atom. The maximum absolute atomic E-state index is 13.3. The normalized spacial score (nSPS) is 10.6. The van der Waals surface area contributed by atoms with Crippen LogP contribution >= 0.6 is 11.3 Å². The van der Waals surface area contributed by atoms with Crippen molar-refractivity contribution in [3.05, 3.63) is 88.1 Å². The first kappa shape index (κ1) is 23.5. The van der Waals surface area contributed by atoms with E-state index in [1.165, 1.54) is 0 Å². The molecule has 0 spiro atoms. The van der Waals surface area contributed by atoms with E-state index in [1.807, 2.05) is 83.9 Å². The summed E-state index contributed by atoms with van der Waals surface area (Å²) >= 11 is 1.63. The maximum Gasteiger partial charge on any atom is 0.322 e. The zero-order chi connectivity index (χ0) is 22.8. The van der Waals surface area contributed by atoms with Gasteiger partial charge in [-0.2, -0.15) is 0 Å². The van der Waals surface area contributed by atoms with Gasteiger partial charge in [0.2, 0.25) is 5.91 Å². The molecule has 3 aromatic rings. The highest BCUT2D eigenvalue weighted by Crippen LogP contribution is 2.18. The number of amides is 3. The van der Waals surface area contributed by atoms with E-state index in [1.54, 1.807) is 16.2 Å². The van der Waals surface area contributed by atoms with Gasteiger partial charge in [0, 0.05) is 23.7 Å². The molecule has 0 unspecified atom stereocenters. The number of urea groups is 1. The van der Waals surface area contributed by atoms with Crippen molar-refractivity contribution in [2.45, 2.75) is 39.8 Å². The van der Waals surface area contributed by atoms with Crippen LogP contribution in [-0.2, 0) is 24.3 Å². The van der Waals surface area contributed by atoms with E-state index < -0.39 is 0 Å². The maximum atomic E-state index is 13.3. The summed E-state index contributed by atoms with van der Waals surface area (Å²) in [4.78, 5) is 31.0. The second-order valence-electron chi connectivity index (χ2n) is 7.68. The Morgan fingerprint density at radius 1 is 0.875 bits per heavy atom. The van der Waals surface area contributed by atoms with Crippen LogP contribution in [0.25, 0.3) is 0 Å². The lowest BCUT2D eigenvalue weighted by Gasteiger charge is -2.28. The molecule has 0 atom stereocenters. The number of nitrogens with zero attached hydrogens (tertiary/aromatic N) is 2. The van der Waals surface area contributed by atoms with Crippen LogP contribution in [0.5, 0.6) is 0 Å². The SMILES string of the molecule is CCCN(CC(=O)N(Cc1ccccc1)Cc1cccs1)C(=O)Nc1ccccc1CC. The van der Waals surface area contributed by atoms with Gasteiger partial charge in [-0.05, 0) is 41.5 Å². The van der Waals surface area contributed by atoms with Crippen molar-refractivity contribution in [2.75, 3.05) is 18.4 Å². The summed E-state index contributed by atoms with van der Waals surface area (Å²) in [7, 11) is 0. The van der Waals surface area contributed by atoms with Crippen molar-refractivity contribution in [2.24, 2.45) is 0 Å². The lowest BCUT2D eigenvalue weighted by atomic mass is 10.1. The van der Waals surface area contributed by atoms with E-state index in [4.69, 9.17) is 0 Å². The van der Waals surface area contributed by atoms with Gasteiger partial charge in [-0.15, -0.1) is 11.3 Å². The molecule has 3 amide bonds. The van der Waals surface area contributed by atoms with E-state index in [-0.39, 0.29) is 18.5 Å². The summed E-state index contributed by atoms with van der Waals surface area (Å²) in [5.41, 5.74) is 2.95. The molecular weight excluding hydrogens is 418 g/mol. The fourth-order valence-corrected chi connectivity index (χ4v) is 4.28. The number of carbonyl (C=O) groups is 2. The number of benzene rings is 2. The molecule has 0 bridgehead atoms. The molecule has 0 saturated carbocycles. The van der Waals surface area contributed by atoms with E-state index in [2.05, 4.69) is 12.2 Å². The molecule has 0 saturated heterocycles. The zero-order valence-corrected chi connectivity index (χ0v) is 19.6. The number of carbonyl (C=O) groups excluding carboxylic acids is 2. The average Bonchev–Trinajstić information content (AvgIpc) is 3.32. The quantitative estimate of drug-likeness (QED) is 0.426. The van der Waals surface area contributed by atoms with Gasteiger partial charge in [-0.3, -0.25) is 4.79 Å². The molecule has 1 N–H and O–H groups in total. The Labute approximate surface area is 194 Å². The molecule has 1 heterocycles. The fourth-order valence-electron chi connectivity index (χ4n) is 3.56. The molecule has 6 heteroatoms. The van der Waals surface area contributed by atoms with Crippen molar-refractivity contribution in [1.82, 2.24) is 9.80 Å². The molecule has 0 aliphatic carbocycles. The van der Waals surface area contributed by atoms with Gasteiger partial charge in [0.05, 0.1) is 6.54 Å². The van der Waals surface area contributed by atoms with Crippen LogP contribution in [0.3, 0.4) is 0 Å².